The predicted molar refractivity (Wildman–Crippen MR) is 94.5 cm³/mol. The van der Waals surface area contributed by atoms with E-state index in [1.165, 1.54) is 25.5 Å². The van der Waals surface area contributed by atoms with Crippen molar-refractivity contribution >= 4 is 11.6 Å². The number of hydrogen-bond acceptors (Lipinski definition) is 3. The van der Waals surface area contributed by atoms with Crippen molar-refractivity contribution in [2.75, 3.05) is 11.9 Å². The van der Waals surface area contributed by atoms with Crippen LogP contribution >= 0.6 is 0 Å². The number of amides is 1. The van der Waals surface area contributed by atoms with Crippen molar-refractivity contribution in [3.05, 3.63) is 47.3 Å². The van der Waals surface area contributed by atoms with Crippen LogP contribution in [0.5, 0.6) is 0 Å². The van der Waals surface area contributed by atoms with Gasteiger partial charge in [0.2, 0.25) is 0 Å². The van der Waals surface area contributed by atoms with Gasteiger partial charge in [-0.05, 0) is 49.4 Å². The zero-order valence-corrected chi connectivity index (χ0v) is 14.9. The Hall–Kier alpha value is -2.35. The topological polar surface area (TPSA) is 59.0 Å². The maximum absolute atomic E-state index is 13.0. The molecule has 0 spiro atoms. The van der Waals surface area contributed by atoms with Crippen molar-refractivity contribution in [2.45, 2.75) is 37.4 Å². The maximum Gasteiger partial charge on any atom is 0.435 e. The van der Waals surface area contributed by atoms with E-state index in [2.05, 4.69) is 15.7 Å². The molecule has 0 saturated heterocycles. The van der Waals surface area contributed by atoms with Crippen LogP contribution in [0.3, 0.4) is 0 Å². The summed E-state index contributed by atoms with van der Waals surface area (Å²) in [5, 5.41) is 9.45. The summed E-state index contributed by atoms with van der Waals surface area (Å²) in [6.45, 7) is 1.09. The average Bonchev–Trinajstić information content (AvgIpc) is 3.51. The van der Waals surface area contributed by atoms with Gasteiger partial charge in [-0.3, -0.25) is 9.48 Å². The lowest BCUT2D eigenvalue weighted by atomic mass is 10.1. The van der Waals surface area contributed by atoms with Crippen molar-refractivity contribution in [3.8, 4) is 0 Å². The first-order valence-corrected chi connectivity index (χ1v) is 9.07. The zero-order chi connectivity index (χ0) is 19.2. The molecule has 144 valence electrons. The van der Waals surface area contributed by atoms with E-state index in [-0.39, 0.29) is 0 Å². The van der Waals surface area contributed by atoms with Gasteiger partial charge in [-0.2, -0.15) is 18.3 Å². The molecule has 2 saturated carbocycles. The van der Waals surface area contributed by atoms with Crippen LogP contribution in [0.4, 0.5) is 18.9 Å². The van der Waals surface area contributed by atoms with Crippen molar-refractivity contribution in [1.82, 2.24) is 15.1 Å². The molecule has 1 aromatic heterocycles. The zero-order valence-electron chi connectivity index (χ0n) is 14.9. The van der Waals surface area contributed by atoms with Crippen LogP contribution in [-0.4, -0.2) is 28.3 Å². The van der Waals surface area contributed by atoms with E-state index in [1.54, 1.807) is 12.1 Å². The van der Waals surface area contributed by atoms with Gasteiger partial charge in [0, 0.05) is 30.9 Å². The lowest BCUT2D eigenvalue weighted by Gasteiger charge is -2.08. The molecule has 1 heterocycles. The third kappa shape index (κ3) is 4.16. The molecule has 4 rings (SSSR count). The highest BCUT2D eigenvalue weighted by atomic mass is 19.4. The average molecular weight is 378 g/mol. The molecule has 1 amide bonds. The molecule has 1 aromatic carbocycles. The number of anilines is 1. The molecule has 27 heavy (non-hydrogen) atoms. The van der Waals surface area contributed by atoms with Crippen LogP contribution in [0.15, 0.2) is 30.5 Å². The van der Waals surface area contributed by atoms with E-state index in [0.717, 1.165) is 29.8 Å². The number of carbonyl (C=O) groups excluding carboxylic acids is 1. The van der Waals surface area contributed by atoms with E-state index in [1.807, 2.05) is 12.1 Å². The highest BCUT2D eigenvalue weighted by molar-refractivity contribution is 6.05. The van der Waals surface area contributed by atoms with Crippen molar-refractivity contribution < 1.29 is 18.0 Å². The first kappa shape index (κ1) is 18.0. The van der Waals surface area contributed by atoms with E-state index < -0.39 is 23.3 Å². The fourth-order valence-electron chi connectivity index (χ4n) is 3.31. The van der Waals surface area contributed by atoms with Gasteiger partial charge in [-0.1, -0.05) is 12.1 Å². The van der Waals surface area contributed by atoms with Gasteiger partial charge in [-0.15, -0.1) is 0 Å². The minimum atomic E-state index is -4.67. The molecule has 0 aliphatic heterocycles. The summed E-state index contributed by atoms with van der Waals surface area (Å²) in [5.74, 6) is 0.500. The van der Waals surface area contributed by atoms with Gasteiger partial charge in [0.05, 0.1) is 5.56 Å². The highest BCUT2D eigenvalue weighted by Crippen LogP contribution is 2.42. The van der Waals surface area contributed by atoms with Crippen LogP contribution in [0.2, 0.25) is 0 Å². The lowest BCUT2D eigenvalue weighted by molar-refractivity contribution is -0.141. The summed E-state index contributed by atoms with van der Waals surface area (Å²) in [6, 6.07) is 7.82. The summed E-state index contributed by atoms with van der Waals surface area (Å²) in [5.41, 5.74) is -0.0233. The second-order valence-electron chi connectivity index (χ2n) is 7.44. The molecular weight excluding hydrogens is 357 g/mol. The first-order chi connectivity index (χ1) is 12.8. The number of alkyl halides is 3. The van der Waals surface area contributed by atoms with Gasteiger partial charge in [0.25, 0.3) is 5.91 Å². The molecule has 2 atom stereocenters. The van der Waals surface area contributed by atoms with Crippen LogP contribution < -0.4 is 10.6 Å². The number of benzene rings is 1. The summed E-state index contributed by atoms with van der Waals surface area (Å²) in [6.07, 6.45) is 0.152. The van der Waals surface area contributed by atoms with Crippen molar-refractivity contribution in [2.24, 2.45) is 13.0 Å². The number of carbonyl (C=O) groups is 1. The number of halogens is 3. The van der Waals surface area contributed by atoms with Crippen LogP contribution in [0.1, 0.15) is 46.8 Å². The quantitative estimate of drug-likeness (QED) is 0.808. The first-order valence-electron chi connectivity index (χ1n) is 9.07. The largest absolute Gasteiger partial charge is 0.435 e. The fraction of sp³-hybridized carbons (Fsp3) is 0.474. The number of nitrogens with zero attached hydrogens (tertiary/aromatic N) is 2. The van der Waals surface area contributed by atoms with E-state index >= 15 is 0 Å². The number of aromatic nitrogens is 2. The summed E-state index contributed by atoms with van der Waals surface area (Å²) < 4.78 is 40.0. The number of rotatable bonds is 6. The smallest absolute Gasteiger partial charge is 0.322 e. The van der Waals surface area contributed by atoms with Gasteiger partial charge in [0.1, 0.15) is 0 Å². The molecule has 2 N–H and O–H groups in total. The molecule has 2 fully saturated rings. The summed E-state index contributed by atoms with van der Waals surface area (Å²) in [4.78, 5) is 12.3. The molecule has 2 aromatic rings. The molecular formula is C19H21F3N4O. The molecule has 8 heteroatoms. The Balaban J connectivity index is 1.38. The van der Waals surface area contributed by atoms with Crippen LogP contribution in [0.25, 0.3) is 0 Å². The standard InChI is InChI=1S/C19H21F3N4O/c1-26-10-15(17(25-26)19(20,21)22)18(27)24-13-6-4-12(5-7-13)14-8-16(14)23-9-11-2-3-11/h4-7,10-11,14,16,23H,2-3,8-9H2,1H3,(H,24,27)/t14-,16+/m0/s1. The normalized spacial score (nSPS) is 21.9. The summed E-state index contributed by atoms with van der Waals surface area (Å²) >= 11 is 0. The van der Waals surface area contributed by atoms with E-state index in [9.17, 15) is 18.0 Å². The van der Waals surface area contributed by atoms with Gasteiger partial charge >= 0.3 is 6.18 Å². The summed E-state index contributed by atoms with van der Waals surface area (Å²) in [7, 11) is 1.35. The Morgan fingerprint density at radius 1 is 1.26 bits per heavy atom. The van der Waals surface area contributed by atoms with E-state index in [0.29, 0.717) is 17.6 Å². The minimum absolute atomic E-state index is 0.462. The molecule has 0 unspecified atom stereocenters. The predicted octanol–water partition coefficient (Wildman–Crippen LogP) is 3.55. The fourth-order valence-corrected chi connectivity index (χ4v) is 3.31. The van der Waals surface area contributed by atoms with Gasteiger partial charge in [0.15, 0.2) is 5.69 Å². The highest BCUT2D eigenvalue weighted by Gasteiger charge is 2.40. The number of nitrogens with one attached hydrogen (secondary N) is 2. The van der Waals surface area contributed by atoms with Gasteiger partial charge < -0.3 is 10.6 Å². The van der Waals surface area contributed by atoms with Crippen LogP contribution in [0, 0.1) is 5.92 Å². The number of hydrogen-bond donors (Lipinski definition) is 2. The SMILES string of the molecule is Cn1cc(C(=O)Nc2ccc([C@@H]3C[C@H]3NCC3CC3)cc2)c(C(F)(F)F)n1. The number of aryl methyl sites for hydroxylation is 1. The van der Waals surface area contributed by atoms with Crippen molar-refractivity contribution in [1.29, 1.82) is 0 Å². The second-order valence-corrected chi connectivity index (χ2v) is 7.44. The Morgan fingerprint density at radius 3 is 2.59 bits per heavy atom. The minimum Gasteiger partial charge on any atom is -0.322 e. The Bertz CT molecular complexity index is 840. The molecule has 2 aliphatic carbocycles. The Morgan fingerprint density at radius 2 is 1.96 bits per heavy atom. The lowest BCUT2D eigenvalue weighted by Crippen LogP contribution is -2.20. The molecule has 5 nitrogen and oxygen atoms in total. The third-order valence-electron chi connectivity index (χ3n) is 5.09. The molecule has 2 aliphatic rings. The maximum atomic E-state index is 13.0. The molecule has 0 radical (unpaired) electrons. The Labute approximate surface area is 154 Å². The second kappa shape index (κ2) is 6.67. The third-order valence-corrected chi connectivity index (χ3v) is 5.09. The van der Waals surface area contributed by atoms with Crippen LogP contribution in [-0.2, 0) is 13.2 Å². The van der Waals surface area contributed by atoms with Gasteiger partial charge in [-0.25, -0.2) is 0 Å². The van der Waals surface area contributed by atoms with Crippen molar-refractivity contribution in [3.63, 3.8) is 0 Å². The monoisotopic (exact) mass is 378 g/mol. The Kier molecular flexibility index (Phi) is 4.46. The van der Waals surface area contributed by atoms with E-state index in [4.69, 9.17) is 0 Å². The molecule has 0 bridgehead atoms.